The van der Waals surface area contributed by atoms with Gasteiger partial charge in [-0.1, -0.05) is 45.1 Å². The number of aryl methyl sites for hydroxylation is 1. The predicted molar refractivity (Wildman–Crippen MR) is 69.5 cm³/mol. The highest BCUT2D eigenvalue weighted by Crippen LogP contribution is 2.18. The molecule has 1 rings (SSSR count). The van der Waals surface area contributed by atoms with E-state index >= 15 is 0 Å². The summed E-state index contributed by atoms with van der Waals surface area (Å²) in [6.45, 7) is 9.47. The highest BCUT2D eigenvalue weighted by Gasteiger charge is 2.17. The maximum absolute atomic E-state index is 5.64. The summed E-state index contributed by atoms with van der Waals surface area (Å²) in [6.07, 6.45) is 1.08. The second-order valence-corrected chi connectivity index (χ2v) is 5.19. The molecule has 0 amide bonds. The quantitative estimate of drug-likeness (QED) is 0.801. The van der Waals surface area contributed by atoms with Crippen LogP contribution in [0.2, 0.25) is 0 Å². The summed E-state index contributed by atoms with van der Waals surface area (Å²) in [5.41, 5.74) is 7.36. The fourth-order valence-electron chi connectivity index (χ4n) is 1.61. The number of aromatic nitrogens is 3. The van der Waals surface area contributed by atoms with Crippen LogP contribution in [0, 0.1) is 5.92 Å². The van der Waals surface area contributed by atoms with Gasteiger partial charge in [-0.15, -0.1) is 5.10 Å². The zero-order chi connectivity index (χ0) is 12.3. The van der Waals surface area contributed by atoms with Gasteiger partial charge in [-0.25, -0.2) is 4.68 Å². The van der Waals surface area contributed by atoms with Gasteiger partial charge in [-0.3, -0.25) is 0 Å². The number of rotatable bonds is 5. The molecule has 0 aliphatic rings. The fourth-order valence-corrected chi connectivity index (χ4v) is 1.76. The minimum absolute atomic E-state index is 0.332. The molecule has 0 aromatic carbocycles. The largest absolute Gasteiger partial charge is 0.388 e. The average Bonchev–Trinajstić information content (AvgIpc) is 2.57. The molecule has 0 radical (unpaired) electrons. The van der Waals surface area contributed by atoms with Crippen molar-refractivity contribution in [2.75, 3.05) is 0 Å². The Morgan fingerprint density at radius 2 is 2.00 bits per heavy atom. The highest BCUT2D eigenvalue weighted by molar-refractivity contribution is 7.80. The zero-order valence-electron chi connectivity index (χ0n) is 10.4. The Kier molecular flexibility index (Phi) is 4.41. The van der Waals surface area contributed by atoms with Gasteiger partial charge in [-0.05, 0) is 18.3 Å². The first kappa shape index (κ1) is 13.1. The van der Waals surface area contributed by atoms with E-state index in [2.05, 4.69) is 38.0 Å². The number of thiocarbonyl (C=S) groups is 1. The van der Waals surface area contributed by atoms with Crippen LogP contribution in [0.25, 0.3) is 0 Å². The smallest absolute Gasteiger partial charge is 0.143 e. The molecule has 0 aliphatic heterocycles. The molecule has 0 saturated heterocycles. The van der Waals surface area contributed by atoms with Crippen LogP contribution >= 0.6 is 12.2 Å². The number of nitrogens with zero attached hydrogens (tertiary/aromatic N) is 3. The van der Waals surface area contributed by atoms with Gasteiger partial charge in [0.1, 0.15) is 10.7 Å². The Morgan fingerprint density at radius 3 is 2.44 bits per heavy atom. The molecule has 2 N–H and O–H groups in total. The van der Waals surface area contributed by atoms with E-state index in [1.807, 2.05) is 4.68 Å². The molecule has 0 bridgehead atoms. The molecule has 0 saturated carbocycles. The van der Waals surface area contributed by atoms with E-state index in [0.717, 1.165) is 18.7 Å². The van der Waals surface area contributed by atoms with Gasteiger partial charge >= 0.3 is 0 Å². The van der Waals surface area contributed by atoms with Crippen LogP contribution in [-0.4, -0.2) is 20.0 Å². The highest BCUT2D eigenvalue weighted by atomic mass is 32.1. The minimum Gasteiger partial charge on any atom is -0.388 e. The van der Waals surface area contributed by atoms with E-state index < -0.39 is 0 Å². The second kappa shape index (κ2) is 5.39. The summed E-state index contributed by atoms with van der Waals surface area (Å²) >= 11 is 4.98. The Morgan fingerprint density at radius 1 is 1.38 bits per heavy atom. The lowest BCUT2D eigenvalue weighted by molar-refractivity contribution is 0.461. The van der Waals surface area contributed by atoms with E-state index in [4.69, 9.17) is 18.0 Å². The van der Waals surface area contributed by atoms with Crippen LogP contribution in [-0.2, 0) is 6.54 Å². The van der Waals surface area contributed by atoms with Crippen molar-refractivity contribution >= 4 is 17.2 Å². The molecule has 0 atom stereocenters. The van der Waals surface area contributed by atoms with Crippen molar-refractivity contribution < 1.29 is 0 Å². The summed E-state index contributed by atoms with van der Waals surface area (Å²) < 4.78 is 1.93. The molecule has 0 unspecified atom stereocenters. The normalized spacial score (nSPS) is 11.4. The molecule has 90 valence electrons. The third-order valence-corrected chi connectivity index (χ3v) is 2.67. The van der Waals surface area contributed by atoms with Crippen LogP contribution in [0.3, 0.4) is 0 Å². The maximum atomic E-state index is 5.64. The van der Waals surface area contributed by atoms with E-state index in [0.29, 0.717) is 22.5 Å². The van der Waals surface area contributed by atoms with Crippen molar-refractivity contribution in [2.24, 2.45) is 11.7 Å². The first-order valence-electron chi connectivity index (χ1n) is 5.66. The van der Waals surface area contributed by atoms with Crippen molar-refractivity contribution in [3.63, 3.8) is 0 Å². The first-order chi connectivity index (χ1) is 7.43. The van der Waals surface area contributed by atoms with Gasteiger partial charge in [0.15, 0.2) is 0 Å². The second-order valence-electron chi connectivity index (χ2n) is 4.75. The number of hydrogen-bond acceptors (Lipinski definition) is 3. The molecule has 1 heterocycles. The van der Waals surface area contributed by atoms with Crippen molar-refractivity contribution in [1.29, 1.82) is 0 Å². The topological polar surface area (TPSA) is 56.7 Å². The summed E-state index contributed by atoms with van der Waals surface area (Å²) in [4.78, 5) is 0.333. The summed E-state index contributed by atoms with van der Waals surface area (Å²) in [5.74, 6) is 0.983. The van der Waals surface area contributed by atoms with Gasteiger partial charge in [0.05, 0.1) is 5.69 Å². The number of hydrogen-bond donors (Lipinski definition) is 1. The number of nitrogens with two attached hydrogens (primary N) is 1. The van der Waals surface area contributed by atoms with Crippen molar-refractivity contribution in [3.05, 3.63) is 11.4 Å². The van der Waals surface area contributed by atoms with Gasteiger partial charge in [0, 0.05) is 6.54 Å². The van der Waals surface area contributed by atoms with E-state index in [-0.39, 0.29) is 0 Å². The molecule has 1 aromatic rings. The van der Waals surface area contributed by atoms with E-state index in [1.165, 1.54) is 0 Å². The SMILES string of the molecule is CC(C)CCn1nnc(C(N)=S)c1C(C)C. The van der Waals surface area contributed by atoms with E-state index in [9.17, 15) is 0 Å². The standard InChI is InChI=1S/C11H20N4S/c1-7(2)5-6-15-10(8(3)4)9(11(12)16)13-14-15/h7-8H,5-6H2,1-4H3,(H2,12,16). The van der Waals surface area contributed by atoms with Gasteiger partial charge in [0.25, 0.3) is 0 Å². The Hall–Kier alpha value is -0.970. The third-order valence-electron chi connectivity index (χ3n) is 2.47. The summed E-state index contributed by atoms with van der Waals surface area (Å²) in [5, 5.41) is 8.19. The average molecular weight is 240 g/mol. The maximum Gasteiger partial charge on any atom is 0.143 e. The summed E-state index contributed by atoms with van der Waals surface area (Å²) in [7, 11) is 0. The molecule has 0 spiro atoms. The Bertz CT molecular complexity index is 368. The molecule has 0 fully saturated rings. The lowest BCUT2D eigenvalue weighted by atomic mass is 10.1. The molecular weight excluding hydrogens is 220 g/mol. The third kappa shape index (κ3) is 3.01. The molecule has 16 heavy (non-hydrogen) atoms. The Balaban J connectivity index is 2.96. The fraction of sp³-hybridized carbons (Fsp3) is 0.727. The molecule has 1 aromatic heterocycles. The van der Waals surface area contributed by atoms with Crippen LogP contribution in [0.15, 0.2) is 0 Å². The van der Waals surface area contributed by atoms with Crippen molar-refractivity contribution in [3.8, 4) is 0 Å². The van der Waals surface area contributed by atoms with Crippen LogP contribution < -0.4 is 5.73 Å². The Labute approximate surface area is 102 Å². The van der Waals surface area contributed by atoms with Gasteiger partial charge < -0.3 is 5.73 Å². The first-order valence-corrected chi connectivity index (χ1v) is 6.07. The zero-order valence-corrected chi connectivity index (χ0v) is 11.2. The van der Waals surface area contributed by atoms with E-state index in [1.54, 1.807) is 0 Å². The van der Waals surface area contributed by atoms with Crippen molar-refractivity contribution in [2.45, 2.75) is 46.6 Å². The van der Waals surface area contributed by atoms with Crippen molar-refractivity contribution in [1.82, 2.24) is 15.0 Å². The van der Waals surface area contributed by atoms with Gasteiger partial charge in [0.2, 0.25) is 0 Å². The monoisotopic (exact) mass is 240 g/mol. The molecular formula is C11H20N4S. The lowest BCUT2D eigenvalue weighted by Gasteiger charge is -2.11. The van der Waals surface area contributed by atoms with Crippen LogP contribution in [0.5, 0.6) is 0 Å². The van der Waals surface area contributed by atoms with Crippen LogP contribution in [0.1, 0.15) is 51.4 Å². The lowest BCUT2D eigenvalue weighted by Crippen LogP contribution is -2.15. The van der Waals surface area contributed by atoms with Gasteiger partial charge in [-0.2, -0.15) is 0 Å². The molecule has 5 heteroatoms. The summed E-state index contributed by atoms with van der Waals surface area (Å²) in [6, 6.07) is 0. The predicted octanol–water partition coefficient (Wildman–Crippen LogP) is 2.08. The minimum atomic E-state index is 0.332. The molecule has 4 nitrogen and oxygen atoms in total. The van der Waals surface area contributed by atoms with Crippen LogP contribution in [0.4, 0.5) is 0 Å². The molecule has 0 aliphatic carbocycles.